The molecule has 1 aromatic carbocycles. The van der Waals surface area contributed by atoms with Gasteiger partial charge in [0.15, 0.2) is 5.58 Å². The van der Waals surface area contributed by atoms with Gasteiger partial charge in [-0.25, -0.2) is 4.79 Å². The fraction of sp³-hybridized carbons (Fsp3) is 0.333. The van der Waals surface area contributed by atoms with Crippen molar-refractivity contribution in [3.8, 4) is 0 Å². The van der Waals surface area contributed by atoms with Crippen LogP contribution in [0.2, 0.25) is 0 Å². The van der Waals surface area contributed by atoms with Crippen molar-refractivity contribution in [2.75, 3.05) is 5.75 Å². The number of nitrogens with one attached hydrogen (secondary N) is 1. The Bertz CT molecular complexity index is 672. The molecule has 0 saturated carbocycles. The normalized spacial score (nSPS) is 19.4. The molecule has 3 rings (SSSR count). The third kappa shape index (κ3) is 1.92. The maximum Gasteiger partial charge on any atom is 0.417 e. The summed E-state index contributed by atoms with van der Waals surface area (Å²) in [6.45, 7) is 0. The molecular weight excluding hydrogens is 254 g/mol. The number of oxazole rings is 1. The molecule has 2 aromatic rings. The molecule has 18 heavy (non-hydrogen) atoms. The predicted molar refractivity (Wildman–Crippen MR) is 67.0 cm³/mol. The fourth-order valence-corrected chi connectivity index (χ4v) is 3.35. The van der Waals surface area contributed by atoms with E-state index in [1.165, 1.54) is 0 Å². The first-order valence-electron chi connectivity index (χ1n) is 5.65. The van der Waals surface area contributed by atoms with Crippen LogP contribution in [-0.4, -0.2) is 21.8 Å². The Kier molecular flexibility index (Phi) is 2.66. The number of aromatic amines is 1. The average Bonchev–Trinajstić information content (AvgIpc) is 2.54. The van der Waals surface area contributed by atoms with Gasteiger partial charge in [-0.15, -0.1) is 11.8 Å². The quantitative estimate of drug-likeness (QED) is 0.822. The van der Waals surface area contributed by atoms with Crippen LogP contribution in [0.4, 0.5) is 0 Å². The first kappa shape index (κ1) is 11.4. The van der Waals surface area contributed by atoms with Crippen molar-refractivity contribution in [2.45, 2.75) is 17.7 Å². The molecule has 2 N–H and O–H groups in total. The second-order valence-electron chi connectivity index (χ2n) is 4.35. The fourth-order valence-electron chi connectivity index (χ4n) is 2.21. The van der Waals surface area contributed by atoms with Crippen molar-refractivity contribution >= 4 is 28.8 Å². The number of fused-ring (bicyclic) bond motifs is 2. The molecular formula is C12H11NO4S. The molecule has 1 aliphatic rings. The number of H-pyrrole nitrogens is 1. The van der Waals surface area contributed by atoms with Gasteiger partial charge in [0.25, 0.3) is 0 Å². The molecule has 1 atom stereocenters. The van der Waals surface area contributed by atoms with Crippen LogP contribution in [0.5, 0.6) is 0 Å². The zero-order valence-electron chi connectivity index (χ0n) is 9.43. The van der Waals surface area contributed by atoms with Crippen molar-refractivity contribution in [2.24, 2.45) is 5.92 Å². The maximum absolute atomic E-state index is 11.1. The van der Waals surface area contributed by atoms with Crippen LogP contribution in [-0.2, 0) is 11.2 Å². The number of benzene rings is 1. The molecule has 0 radical (unpaired) electrons. The first-order valence-corrected chi connectivity index (χ1v) is 6.63. The lowest BCUT2D eigenvalue weighted by atomic mass is 9.97. The molecule has 2 heterocycles. The van der Waals surface area contributed by atoms with Crippen LogP contribution < -0.4 is 5.76 Å². The zero-order valence-corrected chi connectivity index (χ0v) is 10.3. The van der Waals surface area contributed by atoms with E-state index in [4.69, 9.17) is 9.52 Å². The van der Waals surface area contributed by atoms with Gasteiger partial charge < -0.3 is 9.52 Å². The van der Waals surface area contributed by atoms with Crippen LogP contribution in [0.3, 0.4) is 0 Å². The van der Waals surface area contributed by atoms with E-state index in [1.807, 2.05) is 12.1 Å². The van der Waals surface area contributed by atoms with Crippen LogP contribution in [0.25, 0.3) is 11.1 Å². The maximum atomic E-state index is 11.1. The molecule has 5 nitrogen and oxygen atoms in total. The van der Waals surface area contributed by atoms with E-state index in [0.29, 0.717) is 23.9 Å². The van der Waals surface area contributed by atoms with Gasteiger partial charge >= 0.3 is 11.7 Å². The monoisotopic (exact) mass is 265 g/mol. The van der Waals surface area contributed by atoms with Crippen LogP contribution in [0.1, 0.15) is 12.0 Å². The number of carboxylic acid groups (broad SMARTS) is 1. The molecule has 6 heteroatoms. The third-order valence-electron chi connectivity index (χ3n) is 3.14. The summed E-state index contributed by atoms with van der Waals surface area (Å²) in [5, 5.41) is 9.12. The van der Waals surface area contributed by atoms with Crippen molar-refractivity contribution in [1.29, 1.82) is 0 Å². The van der Waals surface area contributed by atoms with E-state index in [2.05, 4.69) is 4.98 Å². The number of carboxylic acids is 1. The number of hydrogen-bond donors (Lipinski definition) is 2. The third-order valence-corrected chi connectivity index (χ3v) is 4.27. The molecule has 0 fully saturated rings. The Morgan fingerprint density at radius 3 is 3.11 bits per heavy atom. The van der Waals surface area contributed by atoms with Crippen molar-refractivity contribution in [1.82, 2.24) is 4.98 Å². The Morgan fingerprint density at radius 1 is 1.50 bits per heavy atom. The van der Waals surface area contributed by atoms with Gasteiger partial charge in [0.2, 0.25) is 0 Å². The lowest BCUT2D eigenvalue weighted by molar-refractivity contribution is -0.141. The van der Waals surface area contributed by atoms with E-state index in [1.54, 1.807) is 11.8 Å². The molecule has 0 saturated heterocycles. The Hall–Kier alpha value is -1.69. The minimum Gasteiger partial charge on any atom is -0.481 e. The second-order valence-corrected chi connectivity index (χ2v) is 5.48. The number of aliphatic carboxylic acids is 1. The van der Waals surface area contributed by atoms with Crippen LogP contribution in [0, 0.1) is 5.92 Å². The van der Waals surface area contributed by atoms with Crippen LogP contribution >= 0.6 is 11.8 Å². The first-order chi connectivity index (χ1) is 8.63. The van der Waals surface area contributed by atoms with Gasteiger partial charge in [-0.3, -0.25) is 9.78 Å². The van der Waals surface area contributed by atoms with Gasteiger partial charge in [-0.05, 0) is 36.3 Å². The standard InChI is InChI=1S/C12H11NO4S/c14-11(15)6-1-2-18-10-5-9-8(4-7(10)3-6)13-12(16)17-9/h4-6H,1-3H2,(H,13,16)(H,14,15). The lowest BCUT2D eigenvalue weighted by Gasteiger charge is -2.08. The lowest BCUT2D eigenvalue weighted by Crippen LogP contribution is -2.16. The highest BCUT2D eigenvalue weighted by molar-refractivity contribution is 7.99. The smallest absolute Gasteiger partial charge is 0.417 e. The minimum atomic E-state index is -0.760. The highest BCUT2D eigenvalue weighted by Crippen LogP contribution is 2.33. The van der Waals surface area contributed by atoms with Gasteiger partial charge in [-0.1, -0.05) is 0 Å². The number of carbonyl (C=O) groups is 1. The minimum absolute atomic E-state index is 0.352. The van der Waals surface area contributed by atoms with Gasteiger partial charge in [0.1, 0.15) is 0 Å². The number of aromatic nitrogens is 1. The van der Waals surface area contributed by atoms with E-state index < -0.39 is 11.7 Å². The summed E-state index contributed by atoms with van der Waals surface area (Å²) in [5.74, 6) is -0.826. The summed E-state index contributed by atoms with van der Waals surface area (Å²) in [4.78, 5) is 25.8. The molecule has 94 valence electrons. The van der Waals surface area contributed by atoms with Crippen molar-refractivity contribution < 1.29 is 14.3 Å². The van der Waals surface area contributed by atoms with Gasteiger partial charge in [-0.2, -0.15) is 0 Å². The average molecular weight is 265 g/mol. The number of rotatable bonds is 1. The molecule has 0 spiro atoms. The van der Waals surface area contributed by atoms with Crippen molar-refractivity contribution in [3.05, 3.63) is 28.2 Å². The predicted octanol–water partition coefficient (Wildman–Crippen LogP) is 1.86. The van der Waals surface area contributed by atoms with E-state index in [0.717, 1.165) is 16.2 Å². The molecule has 0 amide bonds. The van der Waals surface area contributed by atoms with Gasteiger partial charge in [0, 0.05) is 4.90 Å². The summed E-state index contributed by atoms with van der Waals surface area (Å²) >= 11 is 1.62. The molecule has 0 bridgehead atoms. The van der Waals surface area contributed by atoms with Crippen molar-refractivity contribution in [3.63, 3.8) is 0 Å². The summed E-state index contributed by atoms with van der Waals surface area (Å²) in [6.07, 6.45) is 1.16. The summed E-state index contributed by atoms with van der Waals surface area (Å²) in [7, 11) is 0. The molecule has 1 aliphatic heterocycles. The Labute approximate surface area is 106 Å². The molecule has 1 aromatic heterocycles. The highest BCUT2D eigenvalue weighted by Gasteiger charge is 2.23. The van der Waals surface area contributed by atoms with E-state index >= 15 is 0 Å². The largest absolute Gasteiger partial charge is 0.481 e. The number of thioether (sulfide) groups is 1. The van der Waals surface area contributed by atoms with Crippen LogP contribution in [0.15, 0.2) is 26.2 Å². The Balaban J connectivity index is 2.10. The highest BCUT2D eigenvalue weighted by atomic mass is 32.2. The van der Waals surface area contributed by atoms with E-state index in [-0.39, 0.29) is 5.92 Å². The molecule has 1 unspecified atom stereocenters. The Morgan fingerprint density at radius 2 is 2.33 bits per heavy atom. The van der Waals surface area contributed by atoms with Gasteiger partial charge in [0.05, 0.1) is 11.4 Å². The summed E-state index contributed by atoms with van der Waals surface area (Å²) < 4.78 is 5.01. The zero-order chi connectivity index (χ0) is 12.7. The number of hydrogen-bond acceptors (Lipinski definition) is 4. The molecule has 0 aliphatic carbocycles. The SMILES string of the molecule is O=C(O)C1CCSc2cc3oc(=O)[nH]c3cc2C1. The summed E-state index contributed by atoms with van der Waals surface area (Å²) in [6, 6.07) is 3.64. The summed E-state index contributed by atoms with van der Waals surface area (Å²) in [5.41, 5.74) is 2.12. The second kappa shape index (κ2) is 4.20. The van der Waals surface area contributed by atoms with E-state index in [9.17, 15) is 9.59 Å². The topological polar surface area (TPSA) is 83.3 Å².